The van der Waals surface area contributed by atoms with Crippen LogP contribution in [0.4, 0.5) is 4.39 Å². The van der Waals surface area contributed by atoms with Crippen molar-refractivity contribution in [3.05, 3.63) is 58.9 Å². The van der Waals surface area contributed by atoms with E-state index in [1.165, 1.54) is 11.6 Å². The van der Waals surface area contributed by atoms with Gasteiger partial charge in [0.15, 0.2) is 17.5 Å². The van der Waals surface area contributed by atoms with Crippen LogP contribution in [0.25, 0.3) is 0 Å². The summed E-state index contributed by atoms with van der Waals surface area (Å²) in [4.78, 5) is 9.11. The number of halogens is 2. The van der Waals surface area contributed by atoms with Crippen LogP contribution in [0.15, 0.2) is 41.4 Å². The molecule has 0 saturated carbocycles. The van der Waals surface area contributed by atoms with E-state index in [0.29, 0.717) is 12.1 Å². The molecular formula is C24H34FIN4O3. The first-order valence-electron chi connectivity index (χ1n) is 10.7. The van der Waals surface area contributed by atoms with Gasteiger partial charge < -0.3 is 24.4 Å². The van der Waals surface area contributed by atoms with Crippen molar-refractivity contribution >= 4 is 29.9 Å². The highest BCUT2D eigenvalue weighted by molar-refractivity contribution is 14.0. The smallest absolute Gasteiger partial charge is 0.194 e. The van der Waals surface area contributed by atoms with Crippen LogP contribution < -0.4 is 14.8 Å². The standard InChI is InChI=1S/C24H33FN4O3.HI/c1-26-24(27-15-18-5-7-21(25)20(13-18)17-30-2)29-11-9-28(10-12-29)16-19-6-8-22(31-3)23(14-19)32-4;/h5-8,13-14H,9-12,15-17H2,1-4H3,(H,26,27);1H. The zero-order valence-electron chi connectivity index (χ0n) is 19.8. The summed E-state index contributed by atoms with van der Waals surface area (Å²) in [5, 5.41) is 3.40. The summed E-state index contributed by atoms with van der Waals surface area (Å²) >= 11 is 0. The zero-order chi connectivity index (χ0) is 22.9. The Morgan fingerprint density at radius 3 is 2.30 bits per heavy atom. The molecule has 0 unspecified atom stereocenters. The summed E-state index contributed by atoms with van der Waals surface area (Å²) in [6, 6.07) is 11.2. The Morgan fingerprint density at radius 2 is 1.67 bits per heavy atom. The molecule has 182 valence electrons. The fourth-order valence-corrected chi connectivity index (χ4v) is 3.87. The molecule has 0 aliphatic carbocycles. The quantitative estimate of drug-likeness (QED) is 0.297. The number of piperazine rings is 1. The molecule has 2 aromatic carbocycles. The van der Waals surface area contributed by atoms with Gasteiger partial charge >= 0.3 is 0 Å². The summed E-state index contributed by atoms with van der Waals surface area (Å²) in [5.74, 6) is 2.10. The van der Waals surface area contributed by atoms with Gasteiger partial charge in [0.05, 0.1) is 20.8 Å². The Morgan fingerprint density at radius 1 is 0.970 bits per heavy atom. The Bertz CT molecular complexity index is 921. The van der Waals surface area contributed by atoms with E-state index in [0.717, 1.165) is 55.7 Å². The maximum absolute atomic E-state index is 13.8. The lowest BCUT2D eigenvalue weighted by Crippen LogP contribution is -2.52. The fourth-order valence-electron chi connectivity index (χ4n) is 3.87. The molecule has 1 saturated heterocycles. The molecule has 3 rings (SSSR count). The van der Waals surface area contributed by atoms with Crippen LogP contribution in [0.1, 0.15) is 16.7 Å². The van der Waals surface area contributed by atoms with Gasteiger partial charge in [-0.2, -0.15) is 0 Å². The number of nitrogens with one attached hydrogen (secondary N) is 1. The predicted molar refractivity (Wildman–Crippen MR) is 139 cm³/mol. The van der Waals surface area contributed by atoms with Crippen molar-refractivity contribution in [2.45, 2.75) is 19.7 Å². The number of rotatable bonds is 8. The third-order valence-corrected chi connectivity index (χ3v) is 5.60. The molecule has 0 spiro atoms. The van der Waals surface area contributed by atoms with E-state index in [1.807, 2.05) is 18.2 Å². The summed E-state index contributed by atoms with van der Waals surface area (Å²) < 4.78 is 29.6. The first-order chi connectivity index (χ1) is 15.6. The van der Waals surface area contributed by atoms with Crippen molar-refractivity contribution in [2.75, 3.05) is 54.6 Å². The summed E-state index contributed by atoms with van der Waals surface area (Å²) in [5.41, 5.74) is 2.75. The number of ether oxygens (including phenoxy) is 3. The first-order valence-corrected chi connectivity index (χ1v) is 10.7. The number of nitrogens with zero attached hydrogens (tertiary/aromatic N) is 3. The molecule has 1 aliphatic heterocycles. The number of methoxy groups -OCH3 is 3. The van der Waals surface area contributed by atoms with Crippen LogP contribution >= 0.6 is 24.0 Å². The molecule has 0 bridgehead atoms. The van der Waals surface area contributed by atoms with Crippen LogP contribution in [0.5, 0.6) is 11.5 Å². The Labute approximate surface area is 212 Å². The van der Waals surface area contributed by atoms with Crippen molar-refractivity contribution in [3.8, 4) is 11.5 Å². The largest absolute Gasteiger partial charge is 0.493 e. The van der Waals surface area contributed by atoms with Crippen LogP contribution in [0, 0.1) is 5.82 Å². The van der Waals surface area contributed by atoms with Gasteiger partial charge in [-0.15, -0.1) is 24.0 Å². The second-order valence-electron chi connectivity index (χ2n) is 7.71. The van der Waals surface area contributed by atoms with Crippen molar-refractivity contribution in [3.63, 3.8) is 0 Å². The van der Waals surface area contributed by atoms with Gasteiger partial charge in [-0.05, 0) is 35.4 Å². The maximum Gasteiger partial charge on any atom is 0.194 e. The number of benzene rings is 2. The van der Waals surface area contributed by atoms with E-state index in [9.17, 15) is 4.39 Å². The predicted octanol–water partition coefficient (Wildman–Crippen LogP) is 3.50. The highest BCUT2D eigenvalue weighted by atomic mass is 127. The van der Waals surface area contributed by atoms with E-state index in [4.69, 9.17) is 14.2 Å². The summed E-state index contributed by atoms with van der Waals surface area (Å²) in [7, 11) is 6.66. The molecule has 1 N–H and O–H groups in total. The minimum atomic E-state index is -0.245. The normalized spacial score (nSPS) is 14.6. The van der Waals surface area contributed by atoms with Gasteiger partial charge in [0.2, 0.25) is 0 Å². The Hall–Kier alpha value is -2.11. The van der Waals surface area contributed by atoms with Crippen molar-refractivity contribution in [1.29, 1.82) is 0 Å². The molecule has 0 radical (unpaired) electrons. The Balaban J connectivity index is 0.00000385. The lowest BCUT2D eigenvalue weighted by Gasteiger charge is -2.36. The number of hydrogen-bond acceptors (Lipinski definition) is 5. The van der Waals surface area contributed by atoms with Crippen molar-refractivity contribution in [2.24, 2.45) is 4.99 Å². The maximum atomic E-state index is 13.8. The fraction of sp³-hybridized carbons (Fsp3) is 0.458. The van der Waals surface area contributed by atoms with E-state index in [1.54, 1.807) is 34.4 Å². The molecule has 1 heterocycles. The summed E-state index contributed by atoms with van der Waals surface area (Å²) in [6.07, 6.45) is 0. The molecule has 0 atom stereocenters. The van der Waals surface area contributed by atoms with Gasteiger partial charge in [0.25, 0.3) is 0 Å². The number of aliphatic imine (C=N–C) groups is 1. The lowest BCUT2D eigenvalue weighted by molar-refractivity contribution is 0.172. The monoisotopic (exact) mass is 572 g/mol. The second kappa shape index (κ2) is 13.6. The third kappa shape index (κ3) is 7.44. The minimum absolute atomic E-state index is 0. The Kier molecular flexibility index (Phi) is 11.2. The molecule has 9 heteroatoms. The topological polar surface area (TPSA) is 58.6 Å². The van der Waals surface area contributed by atoms with E-state index >= 15 is 0 Å². The van der Waals surface area contributed by atoms with Crippen LogP contribution in [0.3, 0.4) is 0 Å². The van der Waals surface area contributed by atoms with Crippen molar-refractivity contribution < 1.29 is 18.6 Å². The molecule has 1 aliphatic rings. The summed E-state index contributed by atoms with van der Waals surface area (Å²) in [6.45, 7) is 5.33. The van der Waals surface area contributed by atoms with E-state index in [-0.39, 0.29) is 36.4 Å². The van der Waals surface area contributed by atoms with Gasteiger partial charge in [-0.1, -0.05) is 12.1 Å². The van der Waals surface area contributed by atoms with Crippen LogP contribution in [0.2, 0.25) is 0 Å². The van der Waals surface area contributed by atoms with Crippen molar-refractivity contribution in [1.82, 2.24) is 15.1 Å². The van der Waals surface area contributed by atoms with Gasteiger partial charge in [-0.3, -0.25) is 9.89 Å². The van der Waals surface area contributed by atoms with Gasteiger partial charge in [0.1, 0.15) is 5.82 Å². The van der Waals surface area contributed by atoms with E-state index < -0.39 is 0 Å². The van der Waals surface area contributed by atoms with Gasteiger partial charge in [0, 0.05) is 59.0 Å². The molecule has 0 amide bonds. The average Bonchev–Trinajstić information content (AvgIpc) is 2.82. The van der Waals surface area contributed by atoms with Crippen LogP contribution in [-0.4, -0.2) is 70.3 Å². The SMILES string of the molecule is CN=C(NCc1ccc(F)c(COC)c1)N1CCN(Cc2ccc(OC)c(OC)c2)CC1.I. The third-order valence-electron chi connectivity index (χ3n) is 5.60. The molecule has 0 aromatic heterocycles. The zero-order valence-corrected chi connectivity index (χ0v) is 22.1. The van der Waals surface area contributed by atoms with E-state index in [2.05, 4.69) is 26.2 Å². The van der Waals surface area contributed by atoms with Gasteiger partial charge in [-0.25, -0.2) is 4.39 Å². The first kappa shape index (κ1) is 27.1. The average molecular weight is 572 g/mol. The molecule has 1 fully saturated rings. The number of hydrogen-bond donors (Lipinski definition) is 1. The highest BCUT2D eigenvalue weighted by Crippen LogP contribution is 2.28. The molecule has 7 nitrogen and oxygen atoms in total. The number of guanidine groups is 1. The highest BCUT2D eigenvalue weighted by Gasteiger charge is 2.20. The van der Waals surface area contributed by atoms with Crippen LogP contribution in [-0.2, 0) is 24.4 Å². The lowest BCUT2D eigenvalue weighted by atomic mass is 10.1. The molecule has 2 aromatic rings. The molecular weight excluding hydrogens is 538 g/mol. The second-order valence-corrected chi connectivity index (χ2v) is 7.71. The molecule has 33 heavy (non-hydrogen) atoms. The minimum Gasteiger partial charge on any atom is -0.493 e.